The fourth-order valence-electron chi connectivity index (χ4n) is 2.88. The van der Waals surface area contributed by atoms with Gasteiger partial charge < -0.3 is 14.9 Å². The number of carbonyl (C=O) groups is 1. The molecule has 3 aromatic rings. The molecule has 1 fully saturated rings. The van der Waals surface area contributed by atoms with E-state index in [1.807, 2.05) is 28.8 Å². The molecule has 0 aromatic carbocycles. The lowest BCUT2D eigenvalue weighted by Crippen LogP contribution is -2.60. The Morgan fingerprint density at radius 2 is 2.26 bits per heavy atom. The summed E-state index contributed by atoms with van der Waals surface area (Å²) in [5.41, 5.74) is 1.72. The summed E-state index contributed by atoms with van der Waals surface area (Å²) < 4.78 is 2.93. The fourth-order valence-corrected chi connectivity index (χ4v) is 3.21. The Morgan fingerprint density at radius 3 is 3.00 bits per heavy atom. The number of nitrogens with zero attached hydrogens (tertiary/aromatic N) is 5. The predicted molar refractivity (Wildman–Crippen MR) is 90.0 cm³/mol. The zero-order valence-electron chi connectivity index (χ0n) is 12.3. The van der Waals surface area contributed by atoms with Crippen LogP contribution in [-0.4, -0.2) is 56.6 Å². The summed E-state index contributed by atoms with van der Waals surface area (Å²) in [7, 11) is 1.60. The van der Waals surface area contributed by atoms with Crippen molar-refractivity contribution < 1.29 is 9.90 Å². The zero-order valence-corrected chi connectivity index (χ0v) is 13.9. The van der Waals surface area contributed by atoms with Gasteiger partial charge in [0.05, 0.1) is 11.6 Å². The summed E-state index contributed by atoms with van der Waals surface area (Å²) in [6.07, 6.45) is 2.79. The number of amides is 1. The second kappa shape index (κ2) is 5.09. The molecule has 4 heterocycles. The van der Waals surface area contributed by atoms with E-state index in [1.54, 1.807) is 13.2 Å². The van der Waals surface area contributed by atoms with Crippen molar-refractivity contribution in [2.24, 2.45) is 0 Å². The molecular formula is C15H14BrN5O2. The number of halogens is 1. The monoisotopic (exact) mass is 375 g/mol. The maximum atomic E-state index is 11.0. The van der Waals surface area contributed by atoms with Crippen molar-refractivity contribution in [2.45, 2.75) is 6.04 Å². The van der Waals surface area contributed by atoms with Gasteiger partial charge in [-0.25, -0.2) is 9.78 Å². The van der Waals surface area contributed by atoms with Gasteiger partial charge in [-0.1, -0.05) is 0 Å². The maximum Gasteiger partial charge on any atom is 0.407 e. The number of carboxylic acid groups (broad SMARTS) is 1. The molecule has 4 rings (SSSR count). The predicted octanol–water partition coefficient (Wildman–Crippen LogP) is 2.44. The third kappa shape index (κ3) is 2.21. The number of aromatic nitrogens is 3. The van der Waals surface area contributed by atoms with Crippen LogP contribution in [0.3, 0.4) is 0 Å². The SMILES string of the molecule is CN(C(=O)O)C1CN(c2nc3ncc(Br)cc3c3cccn23)C1. The minimum atomic E-state index is -0.904. The molecule has 0 aliphatic carbocycles. The van der Waals surface area contributed by atoms with E-state index in [0.717, 1.165) is 21.3 Å². The van der Waals surface area contributed by atoms with Crippen molar-refractivity contribution in [3.05, 3.63) is 35.1 Å². The molecule has 1 N–H and O–H groups in total. The summed E-state index contributed by atoms with van der Waals surface area (Å²) >= 11 is 3.44. The highest BCUT2D eigenvalue weighted by Gasteiger charge is 2.34. The molecule has 23 heavy (non-hydrogen) atoms. The fraction of sp³-hybridized carbons (Fsp3) is 0.267. The van der Waals surface area contributed by atoms with E-state index in [9.17, 15) is 4.79 Å². The average Bonchev–Trinajstić information content (AvgIpc) is 2.95. The van der Waals surface area contributed by atoms with Crippen molar-refractivity contribution in [3.8, 4) is 0 Å². The molecule has 8 heteroatoms. The summed E-state index contributed by atoms with van der Waals surface area (Å²) in [4.78, 5) is 23.5. The first-order valence-electron chi connectivity index (χ1n) is 7.17. The molecule has 0 unspecified atom stereocenters. The Labute approximate surface area is 140 Å². The Bertz CT molecular complexity index is 919. The Balaban J connectivity index is 1.75. The number of hydrogen-bond donors (Lipinski definition) is 1. The molecule has 0 spiro atoms. The second-order valence-electron chi connectivity index (χ2n) is 5.65. The number of fused-ring (bicyclic) bond motifs is 3. The Kier molecular flexibility index (Phi) is 3.15. The summed E-state index contributed by atoms with van der Waals surface area (Å²) in [5.74, 6) is 0.794. The lowest BCUT2D eigenvalue weighted by molar-refractivity contribution is 0.129. The van der Waals surface area contributed by atoms with Gasteiger partial charge in [0.25, 0.3) is 0 Å². The topological polar surface area (TPSA) is 74.0 Å². The Hall–Kier alpha value is -2.35. The summed E-state index contributed by atoms with van der Waals surface area (Å²) in [6.45, 7) is 1.26. The van der Waals surface area contributed by atoms with Crippen LogP contribution in [0.2, 0.25) is 0 Å². The van der Waals surface area contributed by atoms with Crippen molar-refractivity contribution >= 4 is 44.5 Å². The van der Waals surface area contributed by atoms with Gasteiger partial charge in [-0.3, -0.25) is 4.40 Å². The minimum Gasteiger partial charge on any atom is -0.465 e. The van der Waals surface area contributed by atoms with E-state index in [4.69, 9.17) is 5.11 Å². The van der Waals surface area contributed by atoms with E-state index < -0.39 is 6.09 Å². The van der Waals surface area contributed by atoms with Gasteiger partial charge in [-0.05, 0) is 34.1 Å². The molecule has 118 valence electrons. The van der Waals surface area contributed by atoms with Gasteiger partial charge in [0.2, 0.25) is 5.95 Å². The summed E-state index contributed by atoms with van der Waals surface area (Å²) in [6, 6.07) is 6.00. The van der Waals surface area contributed by atoms with Crippen LogP contribution in [0.4, 0.5) is 10.7 Å². The minimum absolute atomic E-state index is 0.00603. The van der Waals surface area contributed by atoms with Crippen LogP contribution >= 0.6 is 15.9 Å². The average molecular weight is 376 g/mol. The molecule has 0 atom stereocenters. The summed E-state index contributed by atoms with van der Waals surface area (Å²) in [5, 5.41) is 10.0. The molecule has 1 aliphatic rings. The van der Waals surface area contributed by atoms with Gasteiger partial charge in [0, 0.05) is 42.4 Å². The van der Waals surface area contributed by atoms with Gasteiger partial charge >= 0.3 is 6.09 Å². The van der Waals surface area contributed by atoms with Crippen LogP contribution in [0, 0.1) is 0 Å². The van der Waals surface area contributed by atoms with E-state index in [2.05, 4.69) is 30.8 Å². The smallest absolute Gasteiger partial charge is 0.407 e. The maximum absolute atomic E-state index is 11.0. The van der Waals surface area contributed by atoms with Crippen LogP contribution in [0.25, 0.3) is 16.6 Å². The van der Waals surface area contributed by atoms with Crippen molar-refractivity contribution in [1.29, 1.82) is 0 Å². The number of rotatable bonds is 2. The molecular weight excluding hydrogens is 362 g/mol. The lowest BCUT2D eigenvalue weighted by atomic mass is 10.1. The molecule has 7 nitrogen and oxygen atoms in total. The molecule has 1 saturated heterocycles. The van der Waals surface area contributed by atoms with Crippen LogP contribution in [-0.2, 0) is 0 Å². The molecule has 3 aromatic heterocycles. The van der Waals surface area contributed by atoms with E-state index in [-0.39, 0.29) is 6.04 Å². The molecule has 0 bridgehead atoms. The van der Waals surface area contributed by atoms with Crippen LogP contribution in [0.15, 0.2) is 35.1 Å². The van der Waals surface area contributed by atoms with Crippen LogP contribution < -0.4 is 4.90 Å². The van der Waals surface area contributed by atoms with Crippen molar-refractivity contribution in [3.63, 3.8) is 0 Å². The molecule has 0 radical (unpaired) electrons. The lowest BCUT2D eigenvalue weighted by Gasteiger charge is -2.43. The molecule has 1 amide bonds. The van der Waals surface area contributed by atoms with E-state index in [1.165, 1.54) is 4.90 Å². The largest absolute Gasteiger partial charge is 0.465 e. The number of hydrogen-bond acceptors (Lipinski definition) is 4. The number of pyridine rings is 1. The van der Waals surface area contributed by atoms with E-state index in [0.29, 0.717) is 18.7 Å². The third-order valence-corrected chi connectivity index (χ3v) is 4.71. The number of anilines is 1. The molecule has 1 aliphatic heterocycles. The van der Waals surface area contributed by atoms with Gasteiger partial charge in [-0.2, -0.15) is 4.98 Å². The first kappa shape index (κ1) is 14.3. The van der Waals surface area contributed by atoms with Crippen molar-refractivity contribution in [1.82, 2.24) is 19.3 Å². The van der Waals surface area contributed by atoms with Crippen molar-refractivity contribution in [2.75, 3.05) is 25.0 Å². The second-order valence-corrected chi connectivity index (χ2v) is 6.57. The van der Waals surface area contributed by atoms with Crippen LogP contribution in [0.5, 0.6) is 0 Å². The quantitative estimate of drug-likeness (QED) is 0.744. The zero-order chi connectivity index (χ0) is 16.1. The highest BCUT2D eigenvalue weighted by molar-refractivity contribution is 9.10. The Morgan fingerprint density at radius 1 is 1.48 bits per heavy atom. The molecule has 0 saturated carbocycles. The highest BCUT2D eigenvalue weighted by atomic mass is 79.9. The van der Waals surface area contributed by atoms with Gasteiger partial charge in [0.15, 0.2) is 5.65 Å². The normalized spacial score (nSPS) is 15.1. The number of likely N-dealkylation sites (N-methyl/N-ethyl adjacent to an activating group) is 1. The van der Waals surface area contributed by atoms with Gasteiger partial charge in [0.1, 0.15) is 0 Å². The van der Waals surface area contributed by atoms with Gasteiger partial charge in [-0.15, -0.1) is 0 Å². The van der Waals surface area contributed by atoms with Crippen LogP contribution in [0.1, 0.15) is 0 Å². The first-order chi connectivity index (χ1) is 11.0. The highest BCUT2D eigenvalue weighted by Crippen LogP contribution is 2.28. The first-order valence-corrected chi connectivity index (χ1v) is 7.97. The van der Waals surface area contributed by atoms with E-state index >= 15 is 0 Å². The third-order valence-electron chi connectivity index (χ3n) is 4.27. The standard InChI is InChI=1S/C15H14BrN5O2/c1-19(15(22)23)10-7-20(8-10)14-18-13-11(5-9(16)6-17-13)12-3-2-4-21(12)14/h2-6,10H,7-8H2,1H3,(H,22,23).